The van der Waals surface area contributed by atoms with Crippen molar-refractivity contribution >= 4 is 29.3 Å². The fourth-order valence-electron chi connectivity index (χ4n) is 4.40. The summed E-state index contributed by atoms with van der Waals surface area (Å²) in [5.41, 5.74) is 1.37. The van der Waals surface area contributed by atoms with Crippen LogP contribution in [0.4, 0.5) is 5.88 Å². The molecular formula is C26H27N3O6S. The second-order valence-electron chi connectivity index (χ2n) is 8.35. The first kappa shape index (κ1) is 24.1. The molecule has 5 rings (SSSR count). The summed E-state index contributed by atoms with van der Waals surface area (Å²) in [4.78, 5) is 33.9. The van der Waals surface area contributed by atoms with Gasteiger partial charge < -0.3 is 23.5 Å². The van der Waals surface area contributed by atoms with Crippen LogP contribution in [0.3, 0.4) is 0 Å². The predicted molar refractivity (Wildman–Crippen MR) is 135 cm³/mol. The van der Waals surface area contributed by atoms with E-state index in [2.05, 4.69) is 9.89 Å². The molecule has 1 fully saturated rings. The summed E-state index contributed by atoms with van der Waals surface area (Å²) in [5.74, 6) is 1.51. The molecule has 0 aliphatic carbocycles. The maximum absolute atomic E-state index is 13.7. The van der Waals surface area contributed by atoms with Gasteiger partial charge in [-0.25, -0.2) is 9.79 Å². The fraction of sp³-hybridized carbons (Fsp3) is 0.346. The third kappa shape index (κ3) is 4.49. The Hall–Kier alpha value is -3.63. The van der Waals surface area contributed by atoms with Crippen LogP contribution in [0.15, 0.2) is 61.9 Å². The molecule has 2 aliphatic heterocycles. The molecule has 0 spiro atoms. The van der Waals surface area contributed by atoms with Gasteiger partial charge in [-0.2, -0.15) is 0 Å². The first-order chi connectivity index (χ1) is 17.5. The number of fused-ring (bicyclic) bond motifs is 1. The second-order valence-corrected chi connectivity index (χ2v) is 9.36. The van der Waals surface area contributed by atoms with E-state index >= 15 is 0 Å². The number of hydrogen-bond donors (Lipinski definition) is 0. The number of carbonyl (C=O) groups is 1. The predicted octanol–water partition coefficient (Wildman–Crippen LogP) is 2.24. The minimum atomic E-state index is -0.672. The maximum Gasteiger partial charge on any atom is 0.338 e. The van der Waals surface area contributed by atoms with E-state index in [0.717, 1.165) is 24.5 Å². The maximum atomic E-state index is 13.7. The molecule has 0 unspecified atom stereocenters. The normalized spacial score (nSPS) is 18.1. The van der Waals surface area contributed by atoms with E-state index in [1.54, 1.807) is 43.7 Å². The number of ether oxygens (including phenoxy) is 3. The summed E-state index contributed by atoms with van der Waals surface area (Å²) in [6.07, 6.45) is 1.72. The van der Waals surface area contributed by atoms with E-state index < -0.39 is 12.0 Å². The lowest BCUT2D eigenvalue weighted by Crippen LogP contribution is -2.39. The Bertz CT molecular complexity index is 1470. The van der Waals surface area contributed by atoms with Gasteiger partial charge in [0.1, 0.15) is 11.5 Å². The van der Waals surface area contributed by atoms with Crippen LogP contribution in [0.25, 0.3) is 6.08 Å². The zero-order chi connectivity index (χ0) is 25.2. The molecule has 1 aromatic carbocycles. The molecule has 3 aromatic rings. The highest BCUT2D eigenvalue weighted by Crippen LogP contribution is 2.31. The highest BCUT2D eigenvalue weighted by Gasteiger charge is 2.33. The minimum Gasteiger partial charge on any atom is -0.497 e. The standard InChI is InChI=1S/C26H27N3O6S/c1-4-34-25(31)22-16(2)27-26-29(23(22)17-5-7-18(32-3)8-6-17)24(30)20(36-26)15-19-9-10-21(35-19)28-11-13-33-14-12-28/h5-10,15,23H,4,11-14H2,1-3H3/t23-/m0/s1. The van der Waals surface area contributed by atoms with Gasteiger partial charge in [0.2, 0.25) is 0 Å². The van der Waals surface area contributed by atoms with Crippen LogP contribution in [0, 0.1) is 0 Å². The number of thiazole rings is 1. The van der Waals surface area contributed by atoms with Gasteiger partial charge in [0.25, 0.3) is 5.56 Å². The summed E-state index contributed by atoms with van der Waals surface area (Å²) >= 11 is 1.26. The van der Waals surface area contributed by atoms with Gasteiger partial charge in [-0.1, -0.05) is 23.5 Å². The van der Waals surface area contributed by atoms with Crippen LogP contribution in [0.2, 0.25) is 0 Å². The van der Waals surface area contributed by atoms with Gasteiger partial charge in [-0.15, -0.1) is 0 Å². The monoisotopic (exact) mass is 509 g/mol. The lowest BCUT2D eigenvalue weighted by atomic mass is 9.96. The number of aromatic nitrogens is 1. The van der Waals surface area contributed by atoms with E-state index in [-0.39, 0.29) is 12.2 Å². The third-order valence-electron chi connectivity index (χ3n) is 6.16. The Labute approximate surface area is 211 Å². The summed E-state index contributed by atoms with van der Waals surface area (Å²) < 4.78 is 24.1. The van der Waals surface area contributed by atoms with Crippen molar-refractivity contribution in [2.75, 3.05) is 44.9 Å². The van der Waals surface area contributed by atoms with E-state index in [9.17, 15) is 9.59 Å². The zero-order valence-electron chi connectivity index (χ0n) is 20.4. The molecule has 0 saturated carbocycles. The zero-order valence-corrected chi connectivity index (χ0v) is 21.2. The number of esters is 1. The topological polar surface area (TPSA) is 95.5 Å². The molecule has 2 aliphatic rings. The number of benzene rings is 1. The van der Waals surface area contributed by atoms with Gasteiger partial charge in [0, 0.05) is 25.2 Å². The van der Waals surface area contributed by atoms with Crippen LogP contribution in [0.1, 0.15) is 31.2 Å². The SMILES string of the molecule is CCOC(=O)C1=C(C)N=c2sc(=Cc3ccc(N4CCOCC4)o3)c(=O)n2[C@H]1c1ccc(OC)cc1. The molecule has 36 heavy (non-hydrogen) atoms. The van der Waals surface area contributed by atoms with E-state index in [4.69, 9.17) is 18.6 Å². The number of furan rings is 1. The number of morpholine rings is 1. The average Bonchev–Trinajstić information content (AvgIpc) is 3.48. The first-order valence-corrected chi connectivity index (χ1v) is 12.6. The smallest absolute Gasteiger partial charge is 0.338 e. The van der Waals surface area contributed by atoms with E-state index in [0.29, 0.717) is 45.3 Å². The lowest BCUT2D eigenvalue weighted by molar-refractivity contribution is -0.139. The highest BCUT2D eigenvalue weighted by atomic mass is 32.1. The van der Waals surface area contributed by atoms with Crippen LogP contribution >= 0.6 is 11.3 Å². The van der Waals surface area contributed by atoms with E-state index in [1.807, 2.05) is 24.3 Å². The minimum absolute atomic E-state index is 0.222. The van der Waals surface area contributed by atoms with Gasteiger partial charge in [-0.3, -0.25) is 9.36 Å². The Morgan fingerprint density at radius 3 is 2.64 bits per heavy atom. The van der Waals surface area contributed by atoms with Crippen molar-refractivity contribution in [1.82, 2.24) is 4.57 Å². The average molecular weight is 510 g/mol. The summed E-state index contributed by atoms with van der Waals surface area (Å²) in [6.45, 7) is 6.56. The number of rotatable bonds is 6. The molecule has 0 radical (unpaired) electrons. The number of allylic oxidation sites excluding steroid dienone is 1. The van der Waals surface area contributed by atoms with Crippen LogP contribution in [-0.4, -0.2) is 50.6 Å². The fourth-order valence-corrected chi connectivity index (χ4v) is 5.42. The van der Waals surface area contributed by atoms with Crippen LogP contribution in [-0.2, 0) is 14.3 Å². The van der Waals surface area contributed by atoms with Gasteiger partial charge in [0.05, 0.1) is 48.8 Å². The third-order valence-corrected chi connectivity index (χ3v) is 7.14. The summed E-state index contributed by atoms with van der Waals surface area (Å²) in [5, 5.41) is 0. The lowest BCUT2D eigenvalue weighted by Gasteiger charge is -2.26. The van der Waals surface area contributed by atoms with Crippen LogP contribution < -0.4 is 24.5 Å². The molecule has 1 atom stereocenters. The van der Waals surface area contributed by atoms with Crippen molar-refractivity contribution in [3.8, 4) is 5.75 Å². The molecule has 10 heteroatoms. The van der Waals surface area contributed by atoms with Gasteiger partial charge in [0.15, 0.2) is 10.7 Å². The summed E-state index contributed by atoms with van der Waals surface area (Å²) in [6, 6.07) is 10.4. The van der Waals surface area contributed by atoms with E-state index in [1.165, 1.54) is 11.3 Å². The van der Waals surface area contributed by atoms with Gasteiger partial charge >= 0.3 is 5.97 Å². The van der Waals surface area contributed by atoms with Crippen molar-refractivity contribution < 1.29 is 23.4 Å². The molecule has 188 valence electrons. The first-order valence-electron chi connectivity index (χ1n) is 11.8. The molecule has 0 amide bonds. The largest absolute Gasteiger partial charge is 0.497 e. The number of hydrogen-bond acceptors (Lipinski definition) is 9. The van der Waals surface area contributed by atoms with Crippen LogP contribution in [0.5, 0.6) is 5.75 Å². The quantitative estimate of drug-likeness (QED) is 0.471. The molecule has 4 heterocycles. The molecule has 0 N–H and O–H groups in total. The van der Waals surface area contributed by atoms with Crippen molar-refractivity contribution in [3.05, 3.63) is 78.7 Å². The number of anilines is 1. The Balaban J connectivity index is 1.60. The number of methoxy groups -OCH3 is 1. The van der Waals surface area contributed by atoms with Crippen molar-refractivity contribution in [2.24, 2.45) is 4.99 Å². The Kier molecular flexibility index (Phi) is 6.80. The highest BCUT2D eigenvalue weighted by molar-refractivity contribution is 7.07. The second kappa shape index (κ2) is 10.2. The van der Waals surface area contributed by atoms with Crippen molar-refractivity contribution in [1.29, 1.82) is 0 Å². The van der Waals surface area contributed by atoms with Crippen molar-refractivity contribution in [2.45, 2.75) is 19.9 Å². The Morgan fingerprint density at radius 2 is 1.94 bits per heavy atom. The molecule has 0 bridgehead atoms. The molecule has 2 aromatic heterocycles. The summed E-state index contributed by atoms with van der Waals surface area (Å²) in [7, 11) is 1.59. The molecule has 9 nitrogen and oxygen atoms in total. The molecule has 1 saturated heterocycles. The van der Waals surface area contributed by atoms with Gasteiger partial charge in [-0.05, 0) is 37.6 Å². The number of nitrogens with zero attached hydrogens (tertiary/aromatic N) is 3. The Morgan fingerprint density at radius 1 is 1.19 bits per heavy atom. The number of carbonyl (C=O) groups excluding carboxylic acids is 1. The van der Waals surface area contributed by atoms with Crippen molar-refractivity contribution in [3.63, 3.8) is 0 Å². The molecular weight excluding hydrogens is 482 g/mol.